The quantitative estimate of drug-likeness (QED) is 0.792. The summed E-state index contributed by atoms with van der Waals surface area (Å²) in [5.74, 6) is 0.809. The Kier molecular flexibility index (Phi) is 4.87. The molecule has 2 rings (SSSR count). The molecule has 2 fully saturated rings. The van der Waals surface area contributed by atoms with E-state index in [1.165, 1.54) is 51.5 Å². The van der Waals surface area contributed by atoms with Crippen LogP contribution in [0.3, 0.4) is 0 Å². The minimum atomic E-state index is 0.774. The predicted octanol–water partition coefficient (Wildman–Crippen LogP) is 3.03. The standard InChI is InChI=1S/C15H30N2/c1-12(2)11-17(14-6-4-5-7-14)15-9-8-13(10-15)16-3/h12-16H,4-11H2,1-3H3. The second-order valence-corrected chi connectivity index (χ2v) is 6.48. The minimum absolute atomic E-state index is 0.774. The Bertz CT molecular complexity index is 221. The Morgan fingerprint density at radius 1 is 1.06 bits per heavy atom. The van der Waals surface area contributed by atoms with Gasteiger partial charge in [0.05, 0.1) is 0 Å². The van der Waals surface area contributed by atoms with Crippen molar-refractivity contribution in [3.63, 3.8) is 0 Å². The summed E-state index contributed by atoms with van der Waals surface area (Å²) >= 11 is 0. The van der Waals surface area contributed by atoms with E-state index >= 15 is 0 Å². The van der Waals surface area contributed by atoms with Crippen molar-refractivity contribution < 1.29 is 0 Å². The summed E-state index contributed by atoms with van der Waals surface area (Å²) < 4.78 is 0. The number of hydrogen-bond donors (Lipinski definition) is 1. The van der Waals surface area contributed by atoms with Crippen molar-refractivity contribution in [1.82, 2.24) is 10.2 Å². The fourth-order valence-electron chi connectivity index (χ4n) is 3.77. The molecule has 0 heterocycles. The molecule has 0 bridgehead atoms. The highest BCUT2D eigenvalue weighted by Gasteiger charge is 2.33. The van der Waals surface area contributed by atoms with Crippen molar-refractivity contribution in [2.24, 2.45) is 5.92 Å². The third kappa shape index (κ3) is 3.45. The van der Waals surface area contributed by atoms with E-state index in [2.05, 4.69) is 31.1 Å². The van der Waals surface area contributed by atoms with Gasteiger partial charge in [0.15, 0.2) is 0 Å². The van der Waals surface area contributed by atoms with Gasteiger partial charge in [-0.3, -0.25) is 4.90 Å². The van der Waals surface area contributed by atoms with E-state index in [1.54, 1.807) is 0 Å². The second kappa shape index (κ2) is 6.19. The Labute approximate surface area is 107 Å². The largest absolute Gasteiger partial charge is 0.317 e. The van der Waals surface area contributed by atoms with Crippen LogP contribution in [0, 0.1) is 5.92 Å². The minimum Gasteiger partial charge on any atom is -0.317 e. The van der Waals surface area contributed by atoms with E-state index in [4.69, 9.17) is 0 Å². The van der Waals surface area contributed by atoms with Crippen LogP contribution in [0.25, 0.3) is 0 Å². The van der Waals surface area contributed by atoms with Gasteiger partial charge >= 0.3 is 0 Å². The SMILES string of the molecule is CNC1CCC(N(CC(C)C)C2CCCC2)C1. The third-order valence-electron chi connectivity index (χ3n) is 4.65. The van der Waals surface area contributed by atoms with E-state index in [0.717, 1.165) is 24.0 Å². The molecule has 2 saturated carbocycles. The lowest BCUT2D eigenvalue weighted by atomic mass is 10.1. The summed E-state index contributed by atoms with van der Waals surface area (Å²) in [5.41, 5.74) is 0. The van der Waals surface area contributed by atoms with Crippen LogP contribution in [0.4, 0.5) is 0 Å². The van der Waals surface area contributed by atoms with Crippen molar-refractivity contribution in [1.29, 1.82) is 0 Å². The Morgan fingerprint density at radius 3 is 2.29 bits per heavy atom. The van der Waals surface area contributed by atoms with Crippen molar-refractivity contribution in [2.75, 3.05) is 13.6 Å². The van der Waals surface area contributed by atoms with E-state index in [1.807, 2.05) is 0 Å². The predicted molar refractivity (Wildman–Crippen MR) is 74.3 cm³/mol. The van der Waals surface area contributed by atoms with Gasteiger partial charge in [-0.25, -0.2) is 0 Å². The van der Waals surface area contributed by atoms with Crippen LogP contribution in [0.1, 0.15) is 58.8 Å². The summed E-state index contributed by atoms with van der Waals surface area (Å²) in [4.78, 5) is 2.87. The zero-order chi connectivity index (χ0) is 12.3. The zero-order valence-electron chi connectivity index (χ0n) is 11.9. The highest BCUT2D eigenvalue weighted by atomic mass is 15.2. The number of hydrogen-bond acceptors (Lipinski definition) is 2. The van der Waals surface area contributed by atoms with Crippen molar-refractivity contribution in [2.45, 2.75) is 76.9 Å². The van der Waals surface area contributed by atoms with Gasteiger partial charge in [0.1, 0.15) is 0 Å². The molecular weight excluding hydrogens is 208 g/mol. The van der Waals surface area contributed by atoms with Crippen LogP contribution in [0.5, 0.6) is 0 Å². The van der Waals surface area contributed by atoms with Crippen LogP contribution in [-0.2, 0) is 0 Å². The third-order valence-corrected chi connectivity index (χ3v) is 4.65. The first kappa shape index (κ1) is 13.4. The first-order valence-electron chi connectivity index (χ1n) is 7.63. The molecule has 100 valence electrons. The van der Waals surface area contributed by atoms with E-state index in [9.17, 15) is 0 Å². The summed E-state index contributed by atoms with van der Waals surface area (Å²) in [6, 6.07) is 2.53. The topological polar surface area (TPSA) is 15.3 Å². The number of rotatable bonds is 5. The molecular formula is C15H30N2. The van der Waals surface area contributed by atoms with Crippen molar-refractivity contribution in [3.05, 3.63) is 0 Å². The van der Waals surface area contributed by atoms with Crippen molar-refractivity contribution >= 4 is 0 Å². The van der Waals surface area contributed by atoms with Gasteiger partial charge in [0.2, 0.25) is 0 Å². The summed E-state index contributed by atoms with van der Waals surface area (Å²) in [7, 11) is 2.12. The molecule has 2 aliphatic carbocycles. The van der Waals surface area contributed by atoms with Gasteiger partial charge in [-0.1, -0.05) is 26.7 Å². The molecule has 0 amide bonds. The molecule has 2 aliphatic rings. The molecule has 1 N–H and O–H groups in total. The average Bonchev–Trinajstić information content (AvgIpc) is 2.97. The first-order valence-corrected chi connectivity index (χ1v) is 7.63. The van der Waals surface area contributed by atoms with Gasteiger partial charge in [-0.2, -0.15) is 0 Å². The van der Waals surface area contributed by atoms with E-state index < -0.39 is 0 Å². The Balaban J connectivity index is 1.94. The maximum atomic E-state index is 3.47. The maximum Gasteiger partial charge on any atom is 0.0114 e. The highest BCUT2D eigenvalue weighted by molar-refractivity contribution is 4.90. The lowest BCUT2D eigenvalue weighted by Crippen LogP contribution is -2.43. The molecule has 0 saturated heterocycles. The van der Waals surface area contributed by atoms with Gasteiger partial charge in [-0.05, 0) is 45.1 Å². The van der Waals surface area contributed by atoms with Crippen LogP contribution >= 0.6 is 0 Å². The molecule has 2 heteroatoms. The van der Waals surface area contributed by atoms with Gasteiger partial charge < -0.3 is 5.32 Å². The van der Waals surface area contributed by atoms with Crippen molar-refractivity contribution in [3.8, 4) is 0 Å². The number of nitrogens with zero attached hydrogens (tertiary/aromatic N) is 1. The molecule has 0 aromatic carbocycles. The zero-order valence-corrected chi connectivity index (χ0v) is 11.9. The van der Waals surface area contributed by atoms with E-state index in [-0.39, 0.29) is 0 Å². The fraction of sp³-hybridized carbons (Fsp3) is 1.00. The monoisotopic (exact) mass is 238 g/mol. The highest BCUT2D eigenvalue weighted by Crippen LogP contribution is 2.32. The molecule has 2 nitrogen and oxygen atoms in total. The fourth-order valence-corrected chi connectivity index (χ4v) is 3.77. The number of nitrogens with one attached hydrogen (secondary N) is 1. The summed E-state index contributed by atoms with van der Waals surface area (Å²) in [5, 5.41) is 3.47. The first-order chi connectivity index (χ1) is 8.20. The lowest BCUT2D eigenvalue weighted by molar-refractivity contribution is 0.119. The molecule has 2 unspecified atom stereocenters. The van der Waals surface area contributed by atoms with E-state index in [0.29, 0.717) is 0 Å². The molecule has 0 aromatic rings. The van der Waals surface area contributed by atoms with Gasteiger partial charge in [-0.15, -0.1) is 0 Å². The smallest absolute Gasteiger partial charge is 0.0114 e. The second-order valence-electron chi connectivity index (χ2n) is 6.48. The summed E-state index contributed by atoms with van der Waals surface area (Å²) in [6.07, 6.45) is 9.99. The Hall–Kier alpha value is -0.0800. The van der Waals surface area contributed by atoms with Crippen LogP contribution in [0.15, 0.2) is 0 Å². The van der Waals surface area contributed by atoms with Gasteiger partial charge in [0, 0.05) is 24.7 Å². The Morgan fingerprint density at radius 2 is 1.76 bits per heavy atom. The van der Waals surface area contributed by atoms with Crippen LogP contribution in [-0.4, -0.2) is 36.6 Å². The molecule has 0 aromatic heterocycles. The normalized spacial score (nSPS) is 30.9. The molecule has 17 heavy (non-hydrogen) atoms. The van der Waals surface area contributed by atoms with Crippen LogP contribution < -0.4 is 5.32 Å². The molecule has 0 aliphatic heterocycles. The maximum absolute atomic E-state index is 3.47. The lowest BCUT2D eigenvalue weighted by Gasteiger charge is -2.36. The average molecular weight is 238 g/mol. The molecule has 2 atom stereocenters. The van der Waals surface area contributed by atoms with Crippen LogP contribution in [0.2, 0.25) is 0 Å². The summed E-state index contributed by atoms with van der Waals surface area (Å²) in [6.45, 7) is 6.05. The molecule has 0 radical (unpaired) electrons. The molecule has 0 spiro atoms. The van der Waals surface area contributed by atoms with Gasteiger partial charge in [0.25, 0.3) is 0 Å².